The van der Waals surface area contributed by atoms with E-state index in [1.54, 1.807) is 19.3 Å². The Morgan fingerprint density at radius 3 is 2.36 bits per heavy atom. The molecule has 0 spiro atoms. The monoisotopic (exact) mass is 381 g/mol. The van der Waals surface area contributed by atoms with Crippen LogP contribution < -0.4 is 9.47 Å². The number of ether oxygens (including phenoxy) is 2. The second kappa shape index (κ2) is 8.93. The van der Waals surface area contributed by atoms with Crippen molar-refractivity contribution in [1.82, 2.24) is 4.90 Å². The van der Waals surface area contributed by atoms with Gasteiger partial charge in [0.15, 0.2) is 5.78 Å². The molecule has 1 fully saturated rings. The van der Waals surface area contributed by atoms with Crippen molar-refractivity contribution < 1.29 is 19.4 Å². The second-order valence-corrected chi connectivity index (χ2v) is 7.10. The van der Waals surface area contributed by atoms with E-state index in [1.807, 2.05) is 30.3 Å². The number of hydrogen-bond acceptors (Lipinski definition) is 5. The molecule has 148 valence electrons. The van der Waals surface area contributed by atoms with Crippen LogP contribution in [0.25, 0.3) is 6.08 Å². The summed E-state index contributed by atoms with van der Waals surface area (Å²) in [5.74, 6) is 0.687. The normalized spacial score (nSPS) is 15.7. The molecule has 1 aliphatic heterocycles. The summed E-state index contributed by atoms with van der Waals surface area (Å²) in [7, 11) is 5.15. The van der Waals surface area contributed by atoms with Gasteiger partial charge in [-0.15, -0.1) is 0 Å². The van der Waals surface area contributed by atoms with E-state index in [1.165, 1.54) is 13.2 Å². The van der Waals surface area contributed by atoms with Gasteiger partial charge in [0.2, 0.25) is 0 Å². The summed E-state index contributed by atoms with van der Waals surface area (Å²) in [5, 5.41) is 11.1. The van der Waals surface area contributed by atoms with Crippen molar-refractivity contribution in [2.24, 2.45) is 0 Å². The first-order valence-electron chi connectivity index (χ1n) is 9.49. The Hall–Kier alpha value is -2.79. The number of nitrogens with zero attached hydrogens (tertiary/aromatic N) is 1. The number of benzene rings is 2. The molecule has 0 unspecified atom stereocenters. The number of ketones is 1. The van der Waals surface area contributed by atoms with E-state index in [9.17, 15) is 9.90 Å². The summed E-state index contributed by atoms with van der Waals surface area (Å²) < 4.78 is 10.9. The molecule has 0 aromatic heterocycles. The Labute approximate surface area is 166 Å². The molecule has 2 aromatic rings. The van der Waals surface area contributed by atoms with Gasteiger partial charge in [0, 0.05) is 11.6 Å². The van der Waals surface area contributed by atoms with Gasteiger partial charge in [0.1, 0.15) is 22.8 Å². The summed E-state index contributed by atoms with van der Waals surface area (Å²) in [6.45, 7) is 1.88. The Morgan fingerprint density at radius 2 is 1.75 bits per heavy atom. The Balaban J connectivity index is 2.01. The molecule has 0 radical (unpaired) electrons. The van der Waals surface area contributed by atoms with Crippen LogP contribution in [0, 0.1) is 0 Å². The summed E-state index contributed by atoms with van der Waals surface area (Å²) >= 11 is 0. The number of rotatable bonds is 6. The minimum atomic E-state index is -0.296. The van der Waals surface area contributed by atoms with Crippen molar-refractivity contribution in [3.63, 3.8) is 0 Å². The molecule has 5 nitrogen and oxygen atoms in total. The maximum Gasteiger partial charge on any atom is 0.193 e. The lowest BCUT2D eigenvalue weighted by atomic mass is 9.86. The molecular formula is C23H27NO4. The van der Waals surface area contributed by atoms with Crippen LogP contribution in [0.5, 0.6) is 17.2 Å². The number of methoxy groups -OCH3 is 2. The standard InChI is InChI=1S/C23H27NO4/c1-24-13-11-17(12-14-24)21-19(27-2)15-20(28-3)22(23(21)26)18(25)10-9-16-7-5-4-6-8-16/h4-10,15,17,26H,11-14H2,1-3H3/b10-9+. The van der Waals surface area contributed by atoms with Crippen molar-refractivity contribution in [2.75, 3.05) is 34.4 Å². The Morgan fingerprint density at radius 1 is 1.11 bits per heavy atom. The van der Waals surface area contributed by atoms with Gasteiger partial charge in [0.25, 0.3) is 0 Å². The van der Waals surface area contributed by atoms with Gasteiger partial charge in [-0.1, -0.05) is 36.4 Å². The van der Waals surface area contributed by atoms with Crippen LogP contribution in [0.4, 0.5) is 0 Å². The lowest BCUT2D eigenvalue weighted by Gasteiger charge is -2.31. The molecule has 1 N–H and O–H groups in total. The highest BCUT2D eigenvalue weighted by Gasteiger charge is 2.29. The molecule has 28 heavy (non-hydrogen) atoms. The summed E-state index contributed by atoms with van der Waals surface area (Å²) in [6, 6.07) is 11.3. The van der Waals surface area contributed by atoms with Gasteiger partial charge in [-0.3, -0.25) is 4.79 Å². The van der Waals surface area contributed by atoms with E-state index in [0.29, 0.717) is 17.1 Å². The van der Waals surface area contributed by atoms with Crippen LogP contribution in [0.1, 0.15) is 40.2 Å². The van der Waals surface area contributed by atoms with E-state index < -0.39 is 0 Å². The molecule has 5 heteroatoms. The predicted molar refractivity (Wildman–Crippen MR) is 110 cm³/mol. The second-order valence-electron chi connectivity index (χ2n) is 7.10. The first-order chi connectivity index (χ1) is 13.5. The molecule has 0 bridgehead atoms. The van der Waals surface area contributed by atoms with Crippen molar-refractivity contribution >= 4 is 11.9 Å². The lowest BCUT2D eigenvalue weighted by molar-refractivity contribution is 0.104. The third-order valence-corrected chi connectivity index (χ3v) is 5.31. The molecule has 0 aliphatic carbocycles. The average Bonchev–Trinajstić information content (AvgIpc) is 2.72. The molecule has 2 aromatic carbocycles. The zero-order valence-corrected chi connectivity index (χ0v) is 16.6. The van der Waals surface area contributed by atoms with Gasteiger partial charge >= 0.3 is 0 Å². The quantitative estimate of drug-likeness (QED) is 0.603. The number of aromatic hydroxyl groups is 1. The molecule has 1 aliphatic rings. The first kappa shape index (κ1) is 20.0. The van der Waals surface area contributed by atoms with Crippen LogP contribution in [0.3, 0.4) is 0 Å². The third kappa shape index (κ3) is 4.20. The number of phenols is 1. The van der Waals surface area contributed by atoms with Crippen LogP contribution in [-0.4, -0.2) is 50.1 Å². The van der Waals surface area contributed by atoms with Crippen molar-refractivity contribution in [3.8, 4) is 17.2 Å². The summed E-state index contributed by atoms with van der Waals surface area (Å²) in [5.41, 5.74) is 1.80. The molecule has 3 rings (SSSR count). The fraction of sp³-hybridized carbons (Fsp3) is 0.348. The van der Waals surface area contributed by atoms with Gasteiger partial charge < -0.3 is 19.5 Å². The third-order valence-electron chi connectivity index (χ3n) is 5.31. The molecule has 0 saturated carbocycles. The van der Waals surface area contributed by atoms with Gasteiger partial charge in [-0.25, -0.2) is 0 Å². The van der Waals surface area contributed by atoms with Crippen LogP contribution in [0.2, 0.25) is 0 Å². The molecule has 0 atom stereocenters. The van der Waals surface area contributed by atoms with Crippen LogP contribution in [-0.2, 0) is 0 Å². The fourth-order valence-electron chi connectivity index (χ4n) is 3.72. The maximum atomic E-state index is 12.9. The molecule has 1 saturated heterocycles. The van der Waals surface area contributed by atoms with Crippen molar-refractivity contribution in [2.45, 2.75) is 18.8 Å². The lowest BCUT2D eigenvalue weighted by Crippen LogP contribution is -2.29. The number of allylic oxidation sites excluding steroid dienone is 1. The number of piperidine rings is 1. The zero-order valence-electron chi connectivity index (χ0n) is 16.6. The van der Waals surface area contributed by atoms with Crippen molar-refractivity contribution in [3.05, 3.63) is 59.2 Å². The first-order valence-corrected chi connectivity index (χ1v) is 9.49. The van der Waals surface area contributed by atoms with Gasteiger partial charge in [0.05, 0.1) is 14.2 Å². The highest BCUT2D eigenvalue weighted by atomic mass is 16.5. The van der Waals surface area contributed by atoms with E-state index in [2.05, 4.69) is 11.9 Å². The Kier molecular flexibility index (Phi) is 6.37. The number of phenolic OH excluding ortho intramolecular Hbond substituents is 1. The average molecular weight is 381 g/mol. The van der Waals surface area contributed by atoms with Gasteiger partial charge in [-0.05, 0) is 50.5 Å². The number of carbonyl (C=O) groups is 1. The van der Waals surface area contributed by atoms with Crippen LogP contribution in [0.15, 0.2) is 42.5 Å². The topological polar surface area (TPSA) is 59.0 Å². The number of carbonyl (C=O) groups excluding carboxylic acids is 1. The zero-order chi connectivity index (χ0) is 20.1. The SMILES string of the molecule is COc1cc(OC)c(C2CCN(C)CC2)c(O)c1C(=O)/C=C/c1ccccc1. The molecular weight excluding hydrogens is 354 g/mol. The maximum absolute atomic E-state index is 12.9. The minimum absolute atomic E-state index is 0.0338. The van der Waals surface area contributed by atoms with E-state index >= 15 is 0 Å². The van der Waals surface area contributed by atoms with Crippen molar-refractivity contribution in [1.29, 1.82) is 0 Å². The van der Waals surface area contributed by atoms with E-state index in [4.69, 9.17) is 9.47 Å². The molecule has 0 amide bonds. The largest absolute Gasteiger partial charge is 0.507 e. The highest BCUT2D eigenvalue weighted by molar-refractivity contribution is 6.11. The van der Waals surface area contributed by atoms with E-state index in [0.717, 1.165) is 31.5 Å². The molecule has 1 heterocycles. The smallest absolute Gasteiger partial charge is 0.193 e. The predicted octanol–water partition coefficient (Wildman–Crippen LogP) is 4.11. The summed E-state index contributed by atoms with van der Waals surface area (Å²) in [4.78, 5) is 15.2. The van der Waals surface area contributed by atoms with E-state index in [-0.39, 0.29) is 23.0 Å². The Bertz CT molecular complexity index is 853. The highest BCUT2D eigenvalue weighted by Crippen LogP contribution is 2.45. The minimum Gasteiger partial charge on any atom is -0.507 e. The fourth-order valence-corrected chi connectivity index (χ4v) is 3.72. The van der Waals surface area contributed by atoms with Crippen LogP contribution >= 0.6 is 0 Å². The number of hydrogen-bond donors (Lipinski definition) is 1. The van der Waals surface area contributed by atoms with Gasteiger partial charge in [-0.2, -0.15) is 0 Å². The summed E-state index contributed by atoms with van der Waals surface area (Å²) in [6.07, 6.45) is 5.01. The number of likely N-dealkylation sites (tertiary alicyclic amines) is 1.